The molecule has 1 aliphatic heterocycles. The Morgan fingerprint density at radius 3 is 2.85 bits per heavy atom. The molecule has 0 aliphatic carbocycles. The maximum atomic E-state index is 12.4. The van der Waals surface area contributed by atoms with Gasteiger partial charge in [0.15, 0.2) is 17.3 Å². The Kier molecular flexibility index (Phi) is 4.92. The summed E-state index contributed by atoms with van der Waals surface area (Å²) in [6.45, 7) is 2.28. The largest absolute Gasteiger partial charge is 0.494 e. The number of ether oxygens (including phenoxy) is 2. The third-order valence-electron chi connectivity index (χ3n) is 3.98. The van der Waals surface area contributed by atoms with Crippen LogP contribution in [0.25, 0.3) is 6.08 Å². The van der Waals surface area contributed by atoms with Crippen molar-refractivity contribution in [1.29, 1.82) is 0 Å². The van der Waals surface area contributed by atoms with Gasteiger partial charge in [-0.2, -0.15) is 0 Å². The molecule has 2 heterocycles. The summed E-state index contributed by atoms with van der Waals surface area (Å²) in [5.74, 6) is -0.141. The molecule has 2 N–H and O–H groups in total. The molecule has 1 aromatic heterocycles. The SMILES string of the molecule is CCCCn1c(O)c(C(=O)/C=C/c2ccc3c(c2)OCO3)c(=O)[nH]c1=O. The Balaban J connectivity index is 1.90. The maximum absolute atomic E-state index is 12.4. The van der Waals surface area contributed by atoms with Crippen molar-refractivity contribution in [3.8, 4) is 17.4 Å². The van der Waals surface area contributed by atoms with Gasteiger partial charge in [0, 0.05) is 6.54 Å². The minimum Gasteiger partial charge on any atom is -0.494 e. The van der Waals surface area contributed by atoms with Crippen LogP contribution in [0.2, 0.25) is 0 Å². The zero-order valence-corrected chi connectivity index (χ0v) is 14.2. The fourth-order valence-corrected chi connectivity index (χ4v) is 2.58. The van der Waals surface area contributed by atoms with Crippen molar-refractivity contribution in [2.75, 3.05) is 6.79 Å². The number of H-pyrrole nitrogens is 1. The third kappa shape index (κ3) is 3.39. The predicted molar refractivity (Wildman–Crippen MR) is 93.8 cm³/mol. The molecular weight excluding hydrogens is 340 g/mol. The highest BCUT2D eigenvalue weighted by molar-refractivity contribution is 6.08. The number of nitrogens with one attached hydrogen (secondary N) is 1. The first-order chi connectivity index (χ1) is 12.5. The molecule has 0 unspecified atom stereocenters. The van der Waals surface area contributed by atoms with Gasteiger partial charge in [-0.3, -0.25) is 19.1 Å². The first-order valence-corrected chi connectivity index (χ1v) is 8.19. The number of allylic oxidation sites excluding steroid dienone is 1. The molecule has 3 rings (SSSR count). The molecule has 1 aromatic carbocycles. The van der Waals surface area contributed by atoms with Crippen LogP contribution in [0.1, 0.15) is 35.7 Å². The van der Waals surface area contributed by atoms with Gasteiger partial charge < -0.3 is 14.6 Å². The second kappa shape index (κ2) is 7.30. The number of rotatable bonds is 6. The van der Waals surface area contributed by atoms with Crippen molar-refractivity contribution < 1.29 is 19.4 Å². The molecule has 1 aliphatic rings. The second-order valence-corrected chi connectivity index (χ2v) is 5.77. The molecule has 0 amide bonds. The predicted octanol–water partition coefficient (Wildman–Crippen LogP) is 1.67. The van der Waals surface area contributed by atoms with E-state index in [0.29, 0.717) is 23.5 Å². The van der Waals surface area contributed by atoms with Crippen LogP contribution in [-0.4, -0.2) is 27.2 Å². The van der Waals surface area contributed by atoms with Crippen LogP contribution in [-0.2, 0) is 6.54 Å². The third-order valence-corrected chi connectivity index (χ3v) is 3.98. The van der Waals surface area contributed by atoms with E-state index >= 15 is 0 Å². The van der Waals surface area contributed by atoms with E-state index in [-0.39, 0.29) is 13.3 Å². The van der Waals surface area contributed by atoms with Crippen molar-refractivity contribution in [1.82, 2.24) is 9.55 Å². The number of hydrogen-bond acceptors (Lipinski definition) is 6. The average molecular weight is 358 g/mol. The molecule has 0 atom stereocenters. The highest BCUT2D eigenvalue weighted by Gasteiger charge is 2.19. The van der Waals surface area contributed by atoms with Gasteiger partial charge in [0.25, 0.3) is 5.56 Å². The number of unbranched alkanes of at least 4 members (excludes halogenated alkanes) is 1. The lowest BCUT2D eigenvalue weighted by Gasteiger charge is -2.09. The van der Waals surface area contributed by atoms with Gasteiger partial charge in [0.1, 0.15) is 5.56 Å². The number of aromatic amines is 1. The number of carbonyl (C=O) groups is 1. The fourth-order valence-electron chi connectivity index (χ4n) is 2.58. The minimum atomic E-state index is -0.916. The lowest BCUT2D eigenvalue weighted by atomic mass is 10.1. The van der Waals surface area contributed by atoms with E-state index in [1.54, 1.807) is 18.2 Å². The standard InChI is InChI=1S/C18H18N2O6/c1-2-3-8-20-17(23)15(16(22)19-18(20)24)12(21)6-4-11-5-7-13-14(9-11)26-10-25-13/h4-7,9,23H,2-3,8,10H2,1H3,(H,19,22,24)/b6-4+. The minimum absolute atomic E-state index is 0.143. The molecule has 0 saturated heterocycles. The molecule has 0 spiro atoms. The van der Waals surface area contributed by atoms with Gasteiger partial charge in [-0.1, -0.05) is 25.5 Å². The van der Waals surface area contributed by atoms with Gasteiger partial charge in [-0.15, -0.1) is 0 Å². The van der Waals surface area contributed by atoms with Crippen LogP contribution >= 0.6 is 0 Å². The van der Waals surface area contributed by atoms with Crippen LogP contribution in [0, 0.1) is 0 Å². The first kappa shape index (κ1) is 17.5. The number of ketones is 1. The summed E-state index contributed by atoms with van der Waals surface area (Å²) in [4.78, 5) is 38.3. The van der Waals surface area contributed by atoms with E-state index in [0.717, 1.165) is 17.1 Å². The normalized spacial score (nSPS) is 12.7. The number of nitrogens with zero attached hydrogens (tertiary/aromatic N) is 1. The van der Waals surface area contributed by atoms with E-state index in [1.165, 1.54) is 6.08 Å². The number of benzene rings is 1. The number of aromatic hydroxyl groups is 1. The molecule has 8 heteroatoms. The molecule has 136 valence electrons. The Morgan fingerprint density at radius 1 is 1.31 bits per heavy atom. The van der Waals surface area contributed by atoms with Crippen molar-refractivity contribution in [2.45, 2.75) is 26.3 Å². The molecule has 0 bridgehead atoms. The molecule has 2 aromatic rings. The first-order valence-electron chi connectivity index (χ1n) is 8.19. The van der Waals surface area contributed by atoms with E-state index < -0.39 is 28.5 Å². The molecule has 0 saturated carbocycles. The summed E-state index contributed by atoms with van der Waals surface area (Å²) in [5.41, 5.74) is -1.45. The number of aromatic nitrogens is 2. The summed E-state index contributed by atoms with van der Waals surface area (Å²) < 4.78 is 11.5. The highest BCUT2D eigenvalue weighted by atomic mass is 16.7. The van der Waals surface area contributed by atoms with Crippen LogP contribution in [0.3, 0.4) is 0 Å². The van der Waals surface area contributed by atoms with Gasteiger partial charge in [-0.05, 0) is 30.2 Å². The van der Waals surface area contributed by atoms with E-state index in [9.17, 15) is 19.5 Å². The lowest BCUT2D eigenvalue weighted by Crippen LogP contribution is -2.33. The number of carbonyl (C=O) groups excluding carboxylic acids is 1. The van der Waals surface area contributed by atoms with Crippen LogP contribution in [0.15, 0.2) is 33.9 Å². The van der Waals surface area contributed by atoms with Crippen molar-refractivity contribution >= 4 is 11.9 Å². The summed E-state index contributed by atoms with van der Waals surface area (Å²) in [5, 5.41) is 10.2. The topological polar surface area (TPSA) is 111 Å². The Bertz CT molecular complexity index is 986. The van der Waals surface area contributed by atoms with Crippen LogP contribution in [0.5, 0.6) is 17.4 Å². The number of fused-ring (bicyclic) bond motifs is 1. The summed E-state index contributed by atoms with van der Waals surface area (Å²) in [6.07, 6.45) is 4.07. The molecule has 0 fully saturated rings. The Morgan fingerprint density at radius 2 is 2.08 bits per heavy atom. The quantitative estimate of drug-likeness (QED) is 0.600. The Hall–Kier alpha value is -3.29. The Labute approximate surface area is 148 Å². The second-order valence-electron chi connectivity index (χ2n) is 5.77. The van der Waals surface area contributed by atoms with Crippen molar-refractivity contribution in [3.05, 3.63) is 56.2 Å². The zero-order valence-electron chi connectivity index (χ0n) is 14.2. The molecular formula is C18H18N2O6. The summed E-state index contributed by atoms with van der Waals surface area (Å²) in [6, 6.07) is 5.13. The highest BCUT2D eigenvalue weighted by Crippen LogP contribution is 2.32. The summed E-state index contributed by atoms with van der Waals surface area (Å²) >= 11 is 0. The van der Waals surface area contributed by atoms with Gasteiger partial charge in [0.05, 0.1) is 0 Å². The number of hydrogen-bond donors (Lipinski definition) is 2. The summed E-state index contributed by atoms with van der Waals surface area (Å²) in [7, 11) is 0. The van der Waals surface area contributed by atoms with Gasteiger partial charge in [0.2, 0.25) is 12.7 Å². The monoisotopic (exact) mass is 358 g/mol. The molecule has 8 nitrogen and oxygen atoms in total. The van der Waals surface area contributed by atoms with Crippen LogP contribution in [0.4, 0.5) is 0 Å². The maximum Gasteiger partial charge on any atom is 0.331 e. The lowest BCUT2D eigenvalue weighted by molar-refractivity contribution is 0.104. The molecule has 26 heavy (non-hydrogen) atoms. The van der Waals surface area contributed by atoms with Gasteiger partial charge in [-0.25, -0.2) is 4.79 Å². The smallest absolute Gasteiger partial charge is 0.331 e. The van der Waals surface area contributed by atoms with Crippen molar-refractivity contribution in [2.24, 2.45) is 0 Å². The van der Waals surface area contributed by atoms with Gasteiger partial charge >= 0.3 is 5.69 Å². The molecule has 0 radical (unpaired) electrons. The van der Waals surface area contributed by atoms with Crippen LogP contribution < -0.4 is 20.7 Å². The fraction of sp³-hybridized carbons (Fsp3) is 0.278. The van der Waals surface area contributed by atoms with E-state index in [4.69, 9.17) is 9.47 Å². The zero-order chi connectivity index (χ0) is 18.7. The van der Waals surface area contributed by atoms with E-state index in [2.05, 4.69) is 4.98 Å². The van der Waals surface area contributed by atoms with E-state index in [1.807, 2.05) is 6.92 Å². The van der Waals surface area contributed by atoms with Crippen molar-refractivity contribution in [3.63, 3.8) is 0 Å². The average Bonchev–Trinajstić information content (AvgIpc) is 3.07.